The fourth-order valence-electron chi connectivity index (χ4n) is 2.23. The van der Waals surface area contributed by atoms with Crippen molar-refractivity contribution in [3.63, 3.8) is 0 Å². The fraction of sp³-hybridized carbons (Fsp3) is 0.125. The Morgan fingerprint density at radius 3 is 2.48 bits per heavy atom. The van der Waals surface area contributed by atoms with Crippen LogP contribution in [0.2, 0.25) is 5.28 Å². The number of aromatic nitrogens is 2. The number of nitrogens with zero attached hydrogens (tertiary/aromatic N) is 2. The van der Waals surface area contributed by atoms with Gasteiger partial charge in [-0.1, -0.05) is 22.0 Å². The van der Waals surface area contributed by atoms with E-state index in [1.807, 2.05) is 30.3 Å². The molecular weight excluding hydrogens is 382 g/mol. The van der Waals surface area contributed by atoms with Crippen LogP contribution in [0.1, 0.15) is 0 Å². The van der Waals surface area contributed by atoms with Gasteiger partial charge >= 0.3 is 0 Å². The SMILES string of the molecule is COc1cc2nc(Cl)nc(Nc3cccc(Br)c3)c2cc1OC. The summed E-state index contributed by atoms with van der Waals surface area (Å²) in [5.74, 6) is 1.78. The predicted molar refractivity (Wildman–Crippen MR) is 95.1 cm³/mol. The van der Waals surface area contributed by atoms with E-state index in [2.05, 4.69) is 31.2 Å². The van der Waals surface area contributed by atoms with Gasteiger partial charge in [0, 0.05) is 21.6 Å². The largest absolute Gasteiger partial charge is 0.493 e. The number of rotatable bonds is 4. The summed E-state index contributed by atoms with van der Waals surface area (Å²) in [6.45, 7) is 0. The Hall–Kier alpha value is -2.05. The number of benzene rings is 2. The summed E-state index contributed by atoms with van der Waals surface area (Å²) in [6, 6.07) is 11.4. The summed E-state index contributed by atoms with van der Waals surface area (Å²) in [6.07, 6.45) is 0. The van der Waals surface area contributed by atoms with Gasteiger partial charge in [0.1, 0.15) is 5.82 Å². The zero-order valence-electron chi connectivity index (χ0n) is 12.4. The second kappa shape index (κ2) is 6.60. The molecule has 1 N–H and O–H groups in total. The summed E-state index contributed by atoms with van der Waals surface area (Å²) in [5, 5.41) is 4.19. The van der Waals surface area contributed by atoms with Crippen molar-refractivity contribution in [2.75, 3.05) is 19.5 Å². The van der Waals surface area contributed by atoms with Crippen molar-refractivity contribution in [3.05, 3.63) is 46.2 Å². The van der Waals surface area contributed by atoms with E-state index in [1.165, 1.54) is 0 Å². The molecule has 0 radical (unpaired) electrons. The van der Waals surface area contributed by atoms with Crippen molar-refractivity contribution in [2.45, 2.75) is 0 Å². The number of hydrogen-bond acceptors (Lipinski definition) is 5. The van der Waals surface area contributed by atoms with Gasteiger partial charge in [-0.15, -0.1) is 0 Å². The van der Waals surface area contributed by atoms with Gasteiger partial charge in [0.25, 0.3) is 0 Å². The summed E-state index contributed by atoms with van der Waals surface area (Å²) in [7, 11) is 3.16. The molecule has 0 aliphatic rings. The smallest absolute Gasteiger partial charge is 0.224 e. The van der Waals surface area contributed by atoms with E-state index in [1.54, 1.807) is 20.3 Å². The van der Waals surface area contributed by atoms with Crippen LogP contribution in [0.3, 0.4) is 0 Å². The summed E-state index contributed by atoms with van der Waals surface area (Å²) in [4.78, 5) is 8.54. The molecule has 0 aliphatic heterocycles. The van der Waals surface area contributed by atoms with E-state index < -0.39 is 0 Å². The third-order valence-electron chi connectivity index (χ3n) is 3.26. The molecule has 0 saturated carbocycles. The molecule has 0 fully saturated rings. The van der Waals surface area contributed by atoms with Crippen molar-refractivity contribution >= 4 is 49.9 Å². The molecular formula is C16H13BrClN3O2. The lowest BCUT2D eigenvalue weighted by atomic mass is 10.2. The molecule has 0 bridgehead atoms. The molecule has 2 aromatic carbocycles. The molecule has 0 saturated heterocycles. The van der Waals surface area contributed by atoms with E-state index >= 15 is 0 Å². The Morgan fingerprint density at radius 2 is 1.78 bits per heavy atom. The van der Waals surface area contributed by atoms with Gasteiger partial charge < -0.3 is 14.8 Å². The third-order valence-corrected chi connectivity index (χ3v) is 3.92. The van der Waals surface area contributed by atoms with Crippen molar-refractivity contribution in [1.82, 2.24) is 9.97 Å². The van der Waals surface area contributed by atoms with Crippen LogP contribution in [-0.4, -0.2) is 24.2 Å². The van der Waals surface area contributed by atoms with E-state index in [0.29, 0.717) is 22.8 Å². The first-order chi connectivity index (χ1) is 11.1. The Bertz CT molecular complexity index is 873. The molecule has 23 heavy (non-hydrogen) atoms. The van der Waals surface area contributed by atoms with Crippen LogP contribution in [0.15, 0.2) is 40.9 Å². The minimum atomic E-state index is 0.155. The molecule has 3 rings (SSSR count). The molecule has 0 unspecified atom stereocenters. The highest BCUT2D eigenvalue weighted by Crippen LogP contribution is 2.35. The fourth-order valence-corrected chi connectivity index (χ4v) is 2.80. The van der Waals surface area contributed by atoms with Crippen molar-refractivity contribution in [2.24, 2.45) is 0 Å². The Morgan fingerprint density at radius 1 is 1.04 bits per heavy atom. The molecule has 0 spiro atoms. The maximum Gasteiger partial charge on any atom is 0.224 e. The van der Waals surface area contributed by atoms with Gasteiger partial charge in [-0.2, -0.15) is 4.98 Å². The van der Waals surface area contributed by atoms with Crippen LogP contribution in [0.4, 0.5) is 11.5 Å². The van der Waals surface area contributed by atoms with Crippen LogP contribution in [-0.2, 0) is 0 Å². The van der Waals surface area contributed by atoms with Crippen molar-refractivity contribution in [3.8, 4) is 11.5 Å². The summed E-state index contributed by atoms with van der Waals surface area (Å²) < 4.78 is 11.6. The molecule has 7 heteroatoms. The topological polar surface area (TPSA) is 56.3 Å². The minimum Gasteiger partial charge on any atom is -0.493 e. The van der Waals surface area contributed by atoms with Gasteiger partial charge in [-0.3, -0.25) is 0 Å². The Balaban J connectivity index is 2.15. The number of hydrogen-bond donors (Lipinski definition) is 1. The van der Waals surface area contributed by atoms with Crippen LogP contribution < -0.4 is 14.8 Å². The molecule has 1 aromatic heterocycles. The van der Waals surface area contributed by atoms with Crippen molar-refractivity contribution in [1.29, 1.82) is 0 Å². The molecule has 0 amide bonds. The molecule has 1 heterocycles. The third kappa shape index (κ3) is 3.33. The normalized spacial score (nSPS) is 10.6. The number of nitrogens with one attached hydrogen (secondary N) is 1. The zero-order valence-corrected chi connectivity index (χ0v) is 14.8. The Labute approximate surface area is 146 Å². The summed E-state index contributed by atoms with van der Waals surface area (Å²) in [5.41, 5.74) is 1.55. The zero-order chi connectivity index (χ0) is 16.4. The minimum absolute atomic E-state index is 0.155. The average molecular weight is 395 g/mol. The highest BCUT2D eigenvalue weighted by Gasteiger charge is 2.13. The number of halogens is 2. The first kappa shape index (κ1) is 15.8. The summed E-state index contributed by atoms with van der Waals surface area (Å²) >= 11 is 9.49. The first-order valence-corrected chi connectivity index (χ1v) is 7.89. The second-order valence-corrected chi connectivity index (χ2v) is 5.95. The highest BCUT2D eigenvalue weighted by atomic mass is 79.9. The van der Waals surface area contributed by atoms with Crippen LogP contribution >= 0.6 is 27.5 Å². The standard InChI is InChI=1S/C16H13BrClN3O2/c1-22-13-7-11-12(8-14(13)23-2)20-16(18)21-15(11)19-10-5-3-4-9(17)6-10/h3-8H,1-2H3,(H,19,20,21). The van der Waals surface area contributed by atoms with Crippen LogP contribution in [0.5, 0.6) is 11.5 Å². The van der Waals surface area contributed by atoms with Gasteiger partial charge in [-0.05, 0) is 35.9 Å². The van der Waals surface area contributed by atoms with E-state index in [-0.39, 0.29) is 5.28 Å². The molecule has 0 atom stereocenters. The van der Waals surface area contributed by atoms with Gasteiger partial charge in [-0.25, -0.2) is 4.98 Å². The highest BCUT2D eigenvalue weighted by molar-refractivity contribution is 9.10. The monoisotopic (exact) mass is 393 g/mol. The maximum atomic E-state index is 6.05. The quantitative estimate of drug-likeness (QED) is 0.644. The molecule has 118 valence electrons. The molecule has 0 aliphatic carbocycles. The second-order valence-electron chi connectivity index (χ2n) is 4.70. The Kier molecular flexibility index (Phi) is 4.54. The number of fused-ring (bicyclic) bond motifs is 1. The lowest BCUT2D eigenvalue weighted by molar-refractivity contribution is 0.356. The van der Waals surface area contributed by atoms with Crippen molar-refractivity contribution < 1.29 is 9.47 Å². The lowest BCUT2D eigenvalue weighted by Gasteiger charge is -2.12. The number of ether oxygens (including phenoxy) is 2. The predicted octanol–water partition coefficient (Wildman–Crippen LogP) is 4.81. The van der Waals surface area contributed by atoms with E-state index in [0.717, 1.165) is 15.5 Å². The molecule has 5 nitrogen and oxygen atoms in total. The van der Waals surface area contributed by atoms with Gasteiger partial charge in [0.15, 0.2) is 11.5 Å². The van der Waals surface area contributed by atoms with E-state index in [9.17, 15) is 0 Å². The van der Waals surface area contributed by atoms with Crippen LogP contribution in [0.25, 0.3) is 10.9 Å². The average Bonchev–Trinajstić information content (AvgIpc) is 2.53. The number of methoxy groups -OCH3 is 2. The van der Waals surface area contributed by atoms with Gasteiger partial charge in [0.05, 0.1) is 19.7 Å². The van der Waals surface area contributed by atoms with Gasteiger partial charge in [0.2, 0.25) is 5.28 Å². The number of anilines is 2. The van der Waals surface area contributed by atoms with E-state index in [4.69, 9.17) is 21.1 Å². The lowest BCUT2D eigenvalue weighted by Crippen LogP contribution is -1.99. The van der Waals surface area contributed by atoms with Crippen LogP contribution in [0, 0.1) is 0 Å². The molecule has 3 aromatic rings. The maximum absolute atomic E-state index is 6.05. The first-order valence-electron chi connectivity index (χ1n) is 6.72.